The summed E-state index contributed by atoms with van der Waals surface area (Å²) in [6.45, 7) is 3.02. The molecule has 0 spiro atoms. The molecule has 0 amide bonds. The number of halogens is 1. The lowest BCUT2D eigenvalue weighted by atomic mass is 10.2. The van der Waals surface area contributed by atoms with Crippen molar-refractivity contribution in [1.82, 2.24) is 4.90 Å². The zero-order valence-corrected chi connectivity index (χ0v) is 13.0. The Labute approximate surface area is 126 Å². The molecule has 4 nitrogen and oxygen atoms in total. The van der Waals surface area contributed by atoms with Gasteiger partial charge >= 0.3 is 5.97 Å². The molecule has 5 heteroatoms. The van der Waals surface area contributed by atoms with Crippen LogP contribution in [0.15, 0.2) is 39.2 Å². The minimum Gasteiger partial charge on any atom is -0.478 e. The molecule has 2 rings (SSSR count). The average Bonchev–Trinajstić information content (AvgIpc) is 2.73. The van der Waals surface area contributed by atoms with Gasteiger partial charge in [0.25, 0.3) is 0 Å². The molecule has 0 bridgehead atoms. The Balaban J connectivity index is 2.00. The molecule has 0 radical (unpaired) electrons. The third-order valence-electron chi connectivity index (χ3n) is 2.99. The van der Waals surface area contributed by atoms with E-state index in [1.165, 1.54) is 5.56 Å². The van der Waals surface area contributed by atoms with Gasteiger partial charge in [0.1, 0.15) is 17.1 Å². The highest BCUT2D eigenvalue weighted by Crippen LogP contribution is 2.17. The molecular formula is C15H16BrNO3. The van der Waals surface area contributed by atoms with Crippen LogP contribution in [-0.2, 0) is 13.1 Å². The van der Waals surface area contributed by atoms with Crippen molar-refractivity contribution in [3.8, 4) is 0 Å². The van der Waals surface area contributed by atoms with E-state index in [4.69, 9.17) is 9.52 Å². The van der Waals surface area contributed by atoms with Crippen molar-refractivity contribution in [3.63, 3.8) is 0 Å². The van der Waals surface area contributed by atoms with E-state index in [1.54, 1.807) is 13.0 Å². The molecular weight excluding hydrogens is 322 g/mol. The number of benzene rings is 1. The highest BCUT2D eigenvalue weighted by atomic mass is 79.9. The fourth-order valence-electron chi connectivity index (χ4n) is 2.06. The largest absolute Gasteiger partial charge is 0.478 e. The van der Waals surface area contributed by atoms with Crippen LogP contribution in [0.3, 0.4) is 0 Å². The van der Waals surface area contributed by atoms with Crippen LogP contribution >= 0.6 is 15.9 Å². The summed E-state index contributed by atoms with van der Waals surface area (Å²) in [5.74, 6) is 0.164. The van der Waals surface area contributed by atoms with Crippen LogP contribution in [-0.4, -0.2) is 23.0 Å². The molecule has 0 fully saturated rings. The van der Waals surface area contributed by atoms with E-state index in [0.29, 0.717) is 18.1 Å². The first-order chi connectivity index (χ1) is 9.45. The first-order valence-electron chi connectivity index (χ1n) is 6.21. The maximum absolute atomic E-state index is 11.0. The van der Waals surface area contributed by atoms with Gasteiger partial charge in [0, 0.05) is 11.0 Å². The number of rotatable bonds is 5. The summed E-state index contributed by atoms with van der Waals surface area (Å²) in [4.78, 5) is 13.0. The van der Waals surface area contributed by atoms with Gasteiger partial charge in [-0.2, -0.15) is 0 Å². The summed E-state index contributed by atoms with van der Waals surface area (Å²) in [5, 5.41) is 9.00. The Morgan fingerprint density at radius 1 is 1.30 bits per heavy atom. The van der Waals surface area contributed by atoms with Gasteiger partial charge in [0.05, 0.1) is 6.54 Å². The molecule has 0 saturated heterocycles. The smallest absolute Gasteiger partial charge is 0.339 e. The van der Waals surface area contributed by atoms with Crippen LogP contribution in [0.2, 0.25) is 0 Å². The molecule has 106 valence electrons. The summed E-state index contributed by atoms with van der Waals surface area (Å²) in [6.07, 6.45) is 0. The Kier molecular flexibility index (Phi) is 4.62. The van der Waals surface area contributed by atoms with Crippen molar-refractivity contribution >= 4 is 21.9 Å². The SMILES string of the molecule is Cc1oc(CN(C)Cc2ccc(Br)cc2)cc1C(=O)O. The van der Waals surface area contributed by atoms with Crippen molar-refractivity contribution in [2.45, 2.75) is 20.0 Å². The van der Waals surface area contributed by atoms with Crippen LogP contribution in [0.4, 0.5) is 0 Å². The van der Waals surface area contributed by atoms with Gasteiger partial charge < -0.3 is 9.52 Å². The number of furan rings is 1. The molecule has 1 heterocycles. The number of hydrogen-bond acceptors (Lipinski definition) is 3. The van der Waals surface area contributed by atoms with Crippen LogP contribution in [0, 0.1) is 6.92 Å². The number of aromatic carboxylic acids is 1. The first kappa shape index (κ1) is 14.8. The Morgan fingerprint density at radius 2 is 1.95 bits per heavy atom. The lowest BCUT2D eigenvalue weighted by Gasteiger charge is -2.15. The minimum absolute atomic E-state index is 0.233. The zero-order chi connectivity index (χ0) is 14.7. The summed E-state index contributed by atoms with van der Waals surface area (Å²) >= 11 is 3.41. The van der Waals surface area contributed by atoms with Gasteiger partial charge in [-0.05, 0) is 37.7 Å². The Hall–Kier alpha value is -1.59. The van der Waals surface area contributed by atoms with Crippen molar-refractivity contribution in [2.75, 3.05) is 7.05 Å². The second kappa shape index (κ2) is 6.24. The van der Waals surface area contributed by atoms with Crippen LogP contribution < -0.4 is 0 Å². The highest BCUT2D eigenvalue weighted by molar-refractivity contribution is 9.10. The molecule has 1 aromatic carbocycles. The molecule has 0 saturated carbocycles. The number of carboxylic acids is 1. The zero-order valence-electron chi connectivity index (χ0n) is 11.4. The monoisotopic (exact) mass is 337 g/mol. The van der Waals surface area contributed by atoms with Gasteiger partial charge in [0.15, 0.2) is 0 Å². The Bertz CT molecular complexity index is 604. The van der Waals surface area contributed by atoms with Crippen LogP contribution in [0.1, 0.15) is 27.4 Å². The molecule has 0 atom stereocenters. The summed E-state index contributed by atoms with van der Waals surface area (Å²) in [5.41, 5.74) is 1.43. The maximum Gasteiger partial charge on any atom is 0.339 e. The summed E-state index contributed by atoms with van der Waals surface area (Å²) in [6, 6.07) is 9.70. The van der Waals surface area contributed by atoms with Crippen molar-refractivity contribution in [2.24, 2.45) is 0 Å². The molecule has 0 unspecified atom stereocenters. The van der Waals surface area contributed by atoms with Crippen LogP contribution in [0.25, 0.3) is 0 Å². The van der Waals surface area contributed by atoms with E-state index in [1.807, 2.05) is 19.2 Å². The van der Waals surface area contributed by atoms with Crippen molar-refractivity contribution < 1.29 is 14.3 Å². The fourth-order valence-corrected chi connectivity index (χ4v) is 2.32. The fraction of sp³-hybridized carbons (Fsp3) is 0.267. The second-order valence-corrected chi connectivity index (χ2v) is 5.70. The van der Waals surface area contributed by atoms with E-state index in [-0.39, 0.29) is 5.56 Å². The number of carbonyl (C=O) groups is 1. The van der Waals surface area contributed by atoms with Gasteiger partial charge in [-0.25, -0.2) is 4.79 Å². The van der Waals surface area contributed by atoms with Gasteiger partial charge in [0.2, 0.25) is 0 Å². The molecule has 20 heavy (non-hydrogen) atoms. The molecule has 0 aliphatic rings. The molecule has 2 aromatic rings. The second-order valence-electron chi connectivity index (χ2n) is 4.79. The average molecular weight is 338 g/mol. The lowest BCUT2D eigenvalue weighted by Crippen LogP contribution is -2.16. The molecule has 1 N–H and O–H groups in total. The molecule has 0 aliphatic heterocycles. The standard InChI is InChI=1S/C15H16BrNO3/c1-10-14(15(18)19)7-13(20-10)9-17(2)8-11-3-5-12(16)6-4-11/h3-7H,8-9H2,1-2H3,(H,18,19). The maximum atomic E-state index is 11.0. The van der Waals surface area contributed by atoms with Crippen LogP contribution in [0.5, 0.6) is 0 Å². The van der Waals surface area contributed by atoms with Gasteiger partial charge in [-0.15, -0.1) is 0 Å². The van der Waals surface area contributed by atoms with E-state index >= 15 is 0 Å². The third kappa shape index (κ3) is 3.71. The van der Waals surface area contributed by atoms with E-state index < -0.39 is 5.97 Å². The predicted molar refractivity (Wildman–Crippen MR) is 79.7 cm³/mol. The van der Waals surface area contributed by atoms with E-state index in [9.17, 15) is 4.79 Å². The van der Waals surface area contributed by atoms with Crippen molar-refractivity contribution in [3.05, 3.63) is 57.5 Å². The lowest BCUT2D eigenvalue weighted by molar-refractivity contribution is 0.0695. The predicted octanol–water partition coefficient (Wildman–Crippen LogP) is 3.68. The summed E-state index contributed by atoms with van der Waals surface area (Å²) < 4.78 is 6.53. The summed E-state index contributed by atoms with van der Waals surface area (Å²) in [7, 11) is 1.97. The highest BCUT2D eigenvalue weighted by Gasteiger charge is 2.14. The normalized spacial score (nSPS) is 11.0. The number of nitrogens with zero attached hydrogens (tertiary/aromatic N) is 1. The van der Waals surface area contributed by atoms with Crippen molar-refractivity contribution in [1.29, 1.82) is 0 Å². The van der Waals surface area contributed by atoms with E-state index in [2.05, 4.69) is 33.0 Å². The van der Waals surface area contributed by atoms with E-state index in [0.717, 1.165) is 11.0 Å². The Morgan fingerprint density at radius 3 is 2.50 bits per heavy atom. The number of hydrogen-bond donors (Lipinski definition) is 1. The minimum atomic E-state index is -0.951. The first-order valence-corrected chi connectivity index (χ1v) is 7.00. The molecule has 1 aromatic heterocycles. The quantitative estimate of drug-likeness (QED) is 0.904. The van der Waals surface area contributed by atoms with Gasteiger partial charge in [-0.3, -0.25) is 4.90 Å². The van der Waals surface area contributed by atoms with Gasteiger partial charge in [-0.1, -0.05) is 28.1 Å². The topological polar surface area (TPSA) is 53.7 Å². The molecule has 0 aliphatic carbocycles. The number of aryl methyl sites for hydroxylation is 1. The third-order valence-corrected chi connectivity index (χ3v) is 3.52. The number of carboxylic acid groups (broad SMARTS) is 1.